The number of ether oxygens (including phenoxy) is 1. The van der Waals surface area contributed by atoms with Gasteiger partial charge in [0.1, 0.15) is 5.75 Å². The van der Waals surface area contributed by atoms with E-state index in [-0.39, 0.29) is 17.9 Å². The number of amides is 2. The number of hydrogen-bond donors (Lipinski definition) is 1. The number of nitrogens with zero attached hydrogens (tertiary/aromatic N) is 1. The molecule has 1 aliphatic heterocycles. The summed E-state index contributed by atoms with van der Waals surface area (Å²) in [5.74, 6) is 0.692. The first-order chi connectivity index (χ1) is 9.81. The van der Waals surface area contributed by atoms with Crippen LogP contribution in [0.5, 0.6) is 5.75 Å². The van der Waals surface area contributed by atoms with Crippen LogP contribution in [0.2, 0.25) is 0 Å². The third kappa shape index (κ3) is 3.54. The van der Waals surface area contributed by atoms with Crippen LogP contribution in [0.3, 0.4) is 0 Å². The van der Waals surface area contributed by atoms with E-state index in [1.165, 1.54) is 0 Å². The normalized spacial score (nSPS) is 18.8. The highest BCUT2D eigenvalue weighted by molar-refractivity contribution is 5.97. The van der Waals surface area contributed by atoms with Crippen LogP contribution in [0.4, 0.5) is 5.69 Å². The van der Waals surface area contributed by atoms with E-state index in [0.717, 1.165) is 5.69 Å². The van der Waals surface area contributed by atoms with Crippen molar-refractivity contribution in [3.63, 3.8) is 0 Å². The monoisotopic (exact) mass is 290 g/mol. The predicted octanol–water partition coefficient (Wildman–Crippen LogP) is 1.96. The summed E-state index contributed by atoms with van der Waals surface area (Å²) in [6, 6.07) is 7.24. The number of benzene rings is 1. The van der Waals surface area contributed by atoms with Crippen molar-refractivity contribution in [1.29, 1.82) is 0 Å². The number of rotatable bonds is 3. The maximum absolute atomic E-state index is 12.1. The van der Waals surface area contributed by atoms with E-state index in [0.29, 0.717) is 18.7 Å². The first-order valence-electron chi connectivity index (χ1n) is 7.06. The zero-order valence-electron chi connectivity index (χ0n) is 13.0. The van der Waals surface area contributed by atoms with E-state index in [9.17, 15) is 9.59 Å². The summed E-state index contributed by atoms with van der Waals surface area (Å²) in [6.45, 7) is 6.07. The first kappa shape index (κ1) is 15.4. The van der Waals surface area contributed by atoms with E-state index < -0.39 is 5.41 Å². The topological polar surface area (TPSA) is 58.6 Å². The van der Waals surface area contributed by atoms with Gasteiger partial charge in [0.05, 0.1) is 13.2 Å². The highest BCUT2D eigenvalue weighted by Crippen LogP contribution is 2.26. The predicted molar refractivity (Wildman–Crippen MR) is 81.3 cm³/mol. The summed E-state index contributed by atoms with van der Waals surface area (Å²) in [6.07, 6.45) is 0.332. The molecular formula is C16H22N2O3. The molecule has 114 valence electrons. The third-order valence-electron chi connectivity index (χ3n) is 3.51. The fourth-order valence-electron chi connectivity index (χ4n) is 2.23. The molecule has 1 unspecified atom stereocenters. The smallest absolute Gasteiger partial charge is 0.229 e. The molecule has 1 aromatic rings. The average molecular weight is 290 g/mol. The Hall–Kier alpha value is -2.04. The summed E-state index contributed by atoms with van der Waals surface area (Å²) in [4.78, 5) is 25.9. The van der Waals surface area contributed by atoms with Crippen LogP contribution in [0.15, 0.2) is 24.3 Å². The van der Waals surface area contributed by atoms with Crippen molar-refractivity contribution in [2.45, 2.75) is 33.2 Å². The van der Waals surface area contributed by atoms with Crippen LogP contribution in [0.1, 0.15) is 27.2 Å². The average Bonchev–Trinajstić information content (AvgIpc) is 2.78. The van der Waals surface area contributed by atoms with Gasteiger partial charge in [0, 0.05) is 30.1 Å². The lowest BCUT2D eigenvalue weighted by molar-refractivity contribution is -0.129. The second-order valence-corrected chi connectivity index (χ2v) is 6.33. The molecule has 1 aliphatic rings. The van der Waals surface area contributed by atoms with Crippen LogP contribution < -0.4 is 15.0 Å². The Balaban J connectivity index is 2.07. The third-order valence-corrected chi connectivity index (χ3v) is 3.51. The Morgan fingerprint density at radius 2 is 2.10 bits per heavy atom. The van der Waals surface area contributed by atoms with E-state index in [4.69, 9.17) is 4.74 Å². The first-order valence-corrected chi connectivity index (χ1v) is 7.06. The lowest BCUT2D eigenvalue weighted by atomic mass is 9.95. The molecule has 0 saturated carbocycles. The fourth-order valence-corrected chi connectivity index (χ4v) is 2.23. The number of carbonyl (C=O) groups excluding carboxylic acids is 2. The van der Waals surface area contributed by atoms with Gasteiger partial charge >= 0.3 is 0 Å². The van der Waals surface area contributed by atoms with Gasteiger partial charge in [0.25, 0.3) is 0 Å². The Bertz CT molecular complexity index is 549. The van der Waals surface area contributed by atoms with E-state index in [2.05, 4.69) is 5.32 Å². The summed E-state index contributed by atoms with van der Waals surface area (Å²) in [7, 11) is 1.59. The van der Waals surface area contributed by atoms with Crippen molar-refractivity contribution in [3.05, 3.63) is 24.3 Å². The molecule has 1 aromatic carbocycles. The second kappa shape index (κ2) is 5.76. The van der Waals surface area contributed by atoms with E-state index in [1.54, 1.807) is 12.0 Å². The Morgan fingerprint density at radius 1 is 1.38 bits per heavy atom. The van der Waals surface area contributed by atoms with Crippen molar-refractivity contribution in [2.24, 2.45) is 5.41 Å². The molecule has 0 aromatic heterocycles. The van der Waals surface area contributed by atoms with Gasteiger partial charge in [0.2, 0.25) is 11.8 Å². The zero-order chi connectivity index (χ0) is 15.6. The standard InChI is InChI=1S/C16H22N2O3/c1-16(2,3)15(20)17-11-8-14(19)18(10-11)12-6-5-7-13(9-12)21-4/h5-7,9,11H,8,10H2,1-4H3,(H,17,20). The van der Waals surface area contributed by atoms with Gasteiger partial charge in [-0.1, -0.05) is 26.8 Å². The van der Waals surface area contributed by atoms with Crippen molar-refractivity contribution >= 4 is 17.5 Å². The quantitative estimate of drug-likeness (QED) is 0.926. The maximum Gasteiger partial charge on any atom is 0.229 e. The van der Waals surface area contributed by atoms with Gasteiger partial charge in [0.15, 0.2) is 0 Å². The molecule has 1 saturated heterocycles. The van der Waals surface area contributed by atoms with Crippen LogP contribution in [0.25, 0.3) is 0 Å². The van der Waals surface area contributed by atoms with Crippen molar-refractivity contribution in [3.8, 4) is 5.75 Å². The number of anilines is 1. The Kier molecular flexibility index (Phi) is 4.21. The minimum atomic E-state index is -0.452. The molecule has 5 heteroatoms. The van der Waals surface area contributed by atoms with Gasteiger partial charge < -0.3 is 15.0 Å². The molecule has 0 aliphatic carbocycles. The van der Waals surface area contributed by atoms with E-state index in [1.807, 2.05) is 45.0 Å². The van der Waals surface area contributed by atoms with Crippen molar-refractivity contribution in [1.82, 2.24) is 5.32 Å². The van der Waals surface area contributed by atoms with Crippen LogP contribution in [-0.4, -0.2) is 31.5 Å². The summed E-state index contributed by atoms with van der Waals surface area (Å²) < 4.78 is 5.18. The SMILES string of the molecule is COc1cccc(N2CC(NC(=O)C(C)(C)C)CC2=O)c1. The van der Waals surface area contributed by atoms with Gasteiger partial charge in [-0.15, -0.1) is 0 Å². The minimum Gasteiger partial charge on any atom is -0.497 e. The Labute approximate surface area is 125 Å². The molecule has 1 fully saturated rings. The lowest BCUT2D eigenvalue weighted by Crippen LogP contribution is -2.43. The number of carbonyl (C=O) groups is 2. The van der Waals surface area contributed by atoms with Gasteiger partial charge in [-0.2, -0.15) is 0 Å². The second-order valence-electron chi connectivity index (χ2n) is 6.33. The summed E-state index contributed by atoms with van der Waals surface area (Å²) >= 11 is 0. The molecule has 0 spiro atoms. The molecule has 1 heterocycles. The molecular weight excluding hydrogens is 268 g/mol. The van der Waals surface area contributed by atoms with Crippen LogP contribution in [0, 0.1) is 5.41 Å². The lowest BCUT2D eigenvalue weighted by Gasteiger charge is -2.22. The zero-order valence-corrected chi connectivity index (χ0v) is 13.0. The Morgan fingerprint density at radius 3 is 2.71 bits per heavy atom. The van der Waals surface area contributed by atoms with Crippen molar-refractivity contribution < 1.29 is 14.3 Å². The van der Waals surface area contributed by atoms with Crippen LogP contribution >= 0.6 is 0 Å². The molecule has 5 nitrogen and oxygen atoms in total. The molecule has 2 amide bonds. The van der Waals surface area contributed by atoms with E-state index >= 15 is 0 Å². The van der Waals surface area contributed by atoms with Crippen LogP contribution in [-0.2, 0) is 9.59 Å². The maximum atomic E-state index is 12.1. The number of methoxy groups -OCH3 is 1. The molecule has 1 N–H and O–H groups in total. The molecule has 0 bridgehead atoms. The number of hydrogen-bond acceptors (Lipinski definition) is 3. The van der Waals surface area contributed by atoms with Gasteiger partial charge in [-0.05, 0) is 12.1 Å². The molecule has 21 heavy (non-hydrogen) atoms. The largest absolute Gasteiger partial charge is 0.497 e. The molecule has 2 rings (SSSR count). The highest BCUT2D eigenvalue weighted by Gasteiger charge is 2.33. The van der Waals surface area contributed by atoms with Gasteiger partial charge in [-0.3, -0.25) is 9.59 Å². The number of nitrogens with one attached hydrogen (secondary N) is 1. The molecule has 0 radical (unpaired) electrons. The summed E-state index contributed by atoms with van der Waals surface area (Å²) in [5.41, 5.74) is 0.346. The highest BCUT2D eigenvalue weighted by atomic mass is 16.5. The fraction of sp³-hybridized carbons (Fsp3) is 0.500. The molecule has 1 atom stereocenters. The summed E-state index contributed by atoms with van der Waals surface area (Å²) in [5, 5.41) is 2.94. The van der Waals surface area contributed by atoms with Gasteiger partial charge in [-0.25, -0.2) is 0 Å². The minimum absolute atomic E-state index is 0.0162. The van der Waals surface area contributed by atoms with Crippen molar-refractivity contribution in [2.75, 3.05) is 18.6 Å².